The van der Waals surface area contributed by atoms with Crippen molar-refractivity contribution < 1.29 is 14.2 Å². The van der Waals surface area contributed by atoms with Gasteiger partial charge in [0.2, 0.25) is 0 Å². The van der Waals surface area contributed by atoms with Gasteiger partial charge in [0.15, 0.2) is 11.5 Å². The van der Waals surface area contributed by atoms with Crippen LogP contribution >= 0.6 is 0 Å². The second kappa shape index (κ2) is 11.0. The predicted molar refractivity (Wildman–Crippen MR) is 110 cm³/mol. The molecule has 0 spiro atoms. The van der Waals surface area contributed by atoms with Crippen molar-refractivity contribution in [3.05, 3.63) is 53.9 Å². The van der Waals surface area contributed by atoms with E-state index in [2.05, 4.69) is 33.0 Å². The Bertz CT molecular complexity index is 705. The summed E-state index contributed by atoms with van der Waals surface area (Å²) in [4.78, 5) is 9.22. The molecular weight excluding hydrogens is 354 g/mol. The Morgan fingerprint density at radius 2 is 1.82 bits per heavy atom. The van der Waals surface area contributed by atoms with Gasteiger partial charge in [0.1, 0.15) is 0 Å². The van der Waals surface area contributed by atoms with E-state index in [4.69, 9.17) is 14.2 Å². The smallest absolute Gasteiger partial charge is 0.161 e. The van der Waals surface area contributed by atoms with Crippen LogP contribution in [0.1, 0.15) is 17.5 Å². The molecule has 0 atom stereocenters. The Labute approximate surface area is 168 Å². The fourth-order valence-corrected chi connectivity index (χ4v) is 3.54. The first-order chi connectivity index (χ1) is 13.8. The summed E-state index contributed by atoms with van der Waals surface area (Å²) in [5.74, 6) is 1.53. The monoisotopic (exact) mass is 385 g/mol. The molecule has 0 aliphatic carbocycles. The van der Waals surface area contributed by atoms with Crippen LogP contribution in [0.4, 0.5) is 0 Å². The number of ether oxygens (including phenoxy) is 3. The number of hydrogen-bond acceptors (Lipinski definition) is 6. The molecule has 0 radical (unpaired) electrons. The maximum atomic E-state index is 5.47. The number of methoxy groups -OCH3 is 2. The van der Waals surface area contributed by atoms with Crippen molar-refractivity contribution in [2.75, 3.05) is 53.6 Å². The van der Waals surface area contributed by atoms with Gasteiger partial charge in [-0.2, -0.15) is 0 Å². The van der Waals surface area contributed by atoms with Crippen LogP contribution in [0.2, 0.25) is 0 Å². The van der Waals surface area contributed by atoms with Crippen LogP contribution in [0.25, 0.3) is 0 Å². The van der Waals surface area contributed by atoms with E-state index in [9.17, 15) is 0 Å². The molecule has 28 heavy (non-hydrogen) atoms. The van der Waals surface area contributed by atoms with Crippen LogP contribution in [-0.4, -0.2) is 68.4 Å². The van der Waals surface area contributed by atoms with Gasteiger partial charge >= 0.3 is 0 Å². The average Bonchev–Trinajstić information content (AvgIpc) is 2.75. The van der Waals surface area contributed by atoms with Crippen LogP contribution in [0.15, 0.2) is 42.7 Å². The molecule has 2 aromatic rings. The van der Waals surface area contributed by atoms with Crippen molar-refractivity contribution in [2.45, 2.75) is 19.5 Å². The van der Waals surface area contributed by atoms with Gasteiger partial charge in [0.25, 0.3) is 0 Å². The normalized spacial score (nSPS) is 15.0. The molecule has 6 heteroatoms. The van der Waals surface area contributed by atoms with Gasteiger partial charge in [0.05, 0.1) is 27.4 Å². The third kappa shape index (κ3) is 6.19. The summed E-state index contributed by atoms with van der Waals surface area (Å²) in [6, 6.07) is 10.3. The van der Waals surface area contributed by atoms with Crippen LogP contribution in [0.3, 0.4) is 0 Å². The van der Waals surface area contributed by atoms with Crippen molar-refractivity contribution in [1.82, 2.24) is 14.8 Å². The molecule has 1 aromatic heterocycles. The number of morpholine rings is 1. The number of benzene rings is 1. The largest absolute Gasteiger partial charge is 0.493 e. The average molecular weight is 386 g/mol. The first kappa shape index (κ1) is 20.6. The topological polar surface area (TPSA) is 47.1 Å². The summed E-state index contributed by atoms with van der Waals surface area (Å²) in [5, 5.41) is 0. The molecule has 2 heterocycles. The molecule has 0 amide bonds. The molecule has 1 fully saturated rings. The first-order valence-corrected chi connectivity index (χ1v) is 9.91. The van der Waals surface area contributed by atoms with Crippen molar-refractivity contribution in [3.8, 4) is 11.5 Å². The van der Waals surface area contributed by atoms with Gasteiger partial charge in [0, 0.05) is 45.1 Å². The summed E-state index contributed by atoms with van der Waals surface area (Å²) in [6.45, 7) is 7.66. The van der Waals surface area contributed by atoms with E-state index in [-0.39, 0.29) is 0 Å². The van der Waals surface area contributed by atoms with Crippen molar-refractivity contribution in [3.63, 3.8) is 0 Å². The van der Waals surface area contributed by atoms with Gasteiger partial charge in [-0.25, -0.2) is 0 Å². The van der Waals surface area contributed by atoms with E-state index in [1.54, 1.807) is 14.2 Å². The van der Waals surface area contributed by atoms with E-state index in [1.165, 1.54) is 11.1 Å². The summed E-state index contributed by atoms with van der Waals surface area (Å²) >= 11 is 0. The van der Waals surface area contributed by atoms with E-state index in [1.807, 2.05) is 24.5 Å². The van der Waals surface area contributed by atoms with Crippen molar-refractivity contribution >= 4 is 0 Å². The molecule has 0 saturated carbocycles. The lowest BCUT2D eigenvalue weighted by atomic mass is 10.1. The third-order valence-corrected chi connectivity index (χ3v) is 5.04. The molecular formula is C22H31N3O3. The quantitative estimate of drug-likeness (QED) is 0.627. The van der Waals surface area contributed by atoms with Gasteiger partial charge in [-0.15, -0.1) is 0 Å². The van der Waals surface area contributed by atoms with Gasteiger partial charge in [-0.05, 0) is 42.3 Å². The second-order valence-electron chi connectivity index (χ2n) is 7.07. The van der Waals surface area contributed by atoms with Gasteiger partial charge in [-0.1, -0.05) is 12.1 Å². The Kier molecular flexibility index (Phi) is 8.08. The highest BCUT2D eigenvalue weighted by molar-refractivity contribution is 5.42. The molecule has 152 valence electrons. The summed E-state index contributed by atoms with van der Waals surface area (Å²) < 4.78 is 16.3. The number of hydrogen-bond donors (Lipinski definition) is 0. The molecule has 1 aliphatic rings. The minimum atomic E-state index is 0.761. The summed E-state index contributed by atoms with van der Waals surface area (Å²) in [5.41, 5.74) is 2.45. The number of pyridine rings is 1. The van der Waals surface area contributed by atoms with Crippen molar-refractivity contribution in [1.29, 1.82) is 0 Å². The highest BCUT2D eigenvalue weighted by Crippen LogP contribution is 2.28. The maximum Gasteiger partial charge on any atom is 0.161 e. The fourth-order valence-electron chi connectivity index (χ4n) is 3.54. The Morgan fingerprint density at radius 3 is 2.54 bits per heavy atom. The lowest BCUT2D eigenvalue weighted by molar-refractivity contribution is 0.0359. The molecule has 0 bridgehead atoms. The highest BCUT2D eigenvalue weighted by Gasteiger charge is 2.13. The second-order valence-corrected chi connectivity index (χ2v) is 7.07. The van der Waals surface area contributed by atoms with Crippen LogP contribution in [0, 0.1) is 0 Å². The first-order valence-electron chi connectivity index (χ1n) is 9.91. The zero-order valence-electron chi connectivity index (χ0n) is 17.0. The standard InChI is InChI=1S/C22H31N3O3/c1-26-21-7-6-19(15-22(21)27-2)17-25(18-20-5-3-8-23-16-20)10-4-9-24-11-13-28-14-12-24/h3,5-8,15-16H,4,9-14,17-18H2,1-2H3. The zero-order chi connectivity index (χ0) is 19.6. The molecule has 0 N–H and O–H groups in total. The van der Waals surface area contributed by atoms with E-state index < -0.39 is 0 Å². The molecule has 0 unspecified atom stereocenters. The van der Waals surface area contributed by atoms with Crippen LogP contribution in [0.5, 0.6) is 11.5 Å². The van der Waals surface area contributed by atoms with E-state index in [0.717, 1.165) is 70.4 Å². The number of nitrogens with zero attached hydrogens (tertiary/aromatic N) is 3. The lowest BCUT2D eigenvalue weighted by Gasteiger charge is -2.28. The number of aromatic nitrogens is 1. The summed E-state index contributed by atoms with van der Waals surface area (Å²) in [7, 11) is 3.34. The van der Waals surface area contributed by atoms with E-state index >= 15 is 0 Å². The van der Waals surface area contributed by atoms with Gasteiger partial charge in [-0.3, -0.25) is 14.8 Å². The molecule has 1 saturated heterocycles. The van der Waals surface area contributed by atoms with Crippen molar-refractivity contribution in [2.24, 2.45) is 0 Å². The zero-order valence-corrected chi connectivity index (χ0v) is 17.0. The molecule has 3 rings (SSSR count). The highest BCUT2D eigenvalue weighted by atomic mass is 16.5. The molecule has 1 aliphatic heterocycles. The minimum Gasteiger partial charge on any atom is -0.493 e. The van der Waals surface area contributed by atoms with Crippen LogP contribution < -0.4 is 9.47 Å². The van der Waals surface area contributed by atoms with Crippen LogP contribution in [-0.2, 0) is 17.8 Å². The minimum absolute atomic E-state index is 0.761. The summed E-state index contributed by atoms with van der Waals surface area (Å²) in [6.07, 6.45) is 4.90. The predicted octanol–water partition coefficient (Wildman–Crippen LogP) is 2.82. The SMILES string of the molecule is COc1ccc(CN(CCCN2CCOCC2)Cc2cccnc2)cc1OC. The molecule has 6 nitrogen and oxygen atoms in total. The Balaban J connectivity index is 1.63. The fraction of sp³-hybridized carbons (Fsp3) is 0.500. The van der Waals surface area contributed by atoms with Gasteiger partial charge < -0.3 is 14.2 Å². The maximum absolute atomic E-state index is 5.47. The third-order valence-electron chi connectivity index (χ3n) is 5.04. The Morgan fingerprint density at radius 1 is 1.04 bits per heavy atom. The Hall–Kier alpha value is -2.15. The number of rotatable bonds is 10. The van der Waals surface area contributed by atoms with E-state index in [0.29, 0.717) is 0 Å². The molecule has 1 aromatic carbocycles. The lowest BCUT2D eigenvalue weighted by Crippen LogP contribution is -2.38.